The number of rotatable bonds is 6. The second-order valence-corrected chi connectivity index (χ2v) is 3.47. The Morgan fingerprint density at radius 2 is 2.18 bits per heavy atom. The number of carbonyl (C=O) groups is 1. The highest BCUT2D eigenvalue weighted by Crippen LogP contribution is 2.05. The standard InChI is InChI=1S/C13H17NO2.BrH/c1-3-13(15)16-9-8-14-10-12-7-5-4-6-11(12)2;/h3-7,14H,1,8-10H2,2H3;1H. The van der Waals surface area contributed by atoms with Gasteiger partial charge in [0, 0.05) is 19.2 Å². The van der Waals surface area contributed by atoms with Gasteiger partial charge in [0.15, 0.2) is 0 Å². The topological polar surface area (TPSA) is 38.3 Å². The van der Waals surface area contributed by atoms with E-state index in [9.17, 15) is 4.79 Å². The van der Waals surface area contributed by atoms with Crippen molar-refractivity contribution in [2.24, 2.45) is 0 Å². The Bertz CT molecular complexity index is 366. The van der Waals surface area contributed by atoms with Crippen LogP contribution in [0.4, 0.5) is 0 Å². The van der Waals surface area contributed by atoms with E-state index < -0.39 is 0 Å². The molecule has 0 fully saturated rings. The van der Waals surface area contributed by atoms with Crippen LogP contribution in [-0.4, -0.2) is 19.1 Å². The lowest BCUT2D eigenvalue weighted by Crippen LogP contribution is -2.20. The lowest BCUT2D eigenvalue weighted by Gasteiger charge is -2.07. The van der Waals surface area contributed by atoms with Crippen molar-refractivity contribution in [1.29, 1.82) is 0 Å². The van der Waals surface area contributed by atoms with Gasteiger partial charge >= 0.3 is 5.97 Å². The van der Waals surface area contributed by atoms with E-state index in [-0.39, 0.29) is 23.0 Å². The van der Waals surface area contributed by atoms with E-state index in [2.05, 4.69) is 31.0 Å². The van der Waals surface area contributed by atoms with Crippen LogP contribution in [0.1, 0.15) is 11.1 Å². The minimum Gasteiger partial charge on any atom is -0.461 e. The molecule has 0 unspecified atom stereocenters. The van der Waals surface area contributed by atoms with Crippen molar-refractivity contribution in [3.63, 3.8) is 0 Å². The fourth-order valence-electron chi connectivity index (χ4n) is 1.31. The lowest BCUT2D eigenvalue weighted by molar-refractivity contribution is -0.137. The minimum atomic E-state index is -0.377. The largest absolute Gasteiger partial charge is 0.461 e. The Hall–Kier alpha value is -1.13. The van der Waals surface area contributed by atoms with Crippen LogP contribution in [0.2, 0.25) is 0 Å². The van der Waals surface area contributed by atoms with Gasteiger partial charge in [-0.3, -0.25) is 0 Å². The van der Waals surface area contributed by atoms with E-state index in [1.54, 1.807) is 0 Å². The summed E-state index contributed by atoms with van der Waals surface area (Å²) >= 11 is 0. The number of nitrogens with one attached hydrogen (secondary N) is 1. The molecular formula is C13H18BrNO2. The molecule has 0 aliphatic rings. The summed E-state index contributed by atoms with van der Waals surface area (Å²) in [5.74, 6) is -0.377. The molecule has 1 aromatic rings. The summed E-state index contributed by atoms with van der Waals surface area (Å²) in [6, 6.07) is 8.19. The summed E-state index contributed by atoms with van der Waals surface area (Å²) in [6.45, 7) is 7.21. The third-order valence-electron chi connectivity index (χ3n) is 2.27. The summed E-state index contributed by atoms with van der Waals surface area (Å²) in [6.07, 6.45) is 1.17. The maximum absolute atomic E-state index is 10.7. The zero-order chi connectivity index (χ0) is 11.8. The molecule has 4 heteroatoms. The lowest BCUT2D eigenvalue weighted by atomic mass is 10.1. The van der Waals surface area contributed by atoms with Crippen molar-refractivity contribution in [3.05, 3.63) is 48.0 Å². The van der Waals surface area contributed by atoms with Gasteiger partial charge in [-0.2, -0.15) is 0 Å². The van der Waals surface area contributed by atoms with Crippen LogP contribution in [0.5, 0.6) is 0 Å². The quantitative estimate of drug-likeness (QED) is 0.498. The third kappa shape index (κ3) is 6.24. The summed E-state index contributed by atoms with van der Waals surface area (Å²) in [7, 11) is 0. The van der Waals surface area contributed by atoms with Gasteiger partial charge in [0.25, 0.3) is 0 Å². The summed E-state index contributed by atoms with van der Waals surface area (Å²) in [5, 5.41) is 3.21. The van der Waals surface area contributed by atoms with Gasteiger partial charge in [0.2, 0.25) is 0 Å². The number of esters is 1. The Morgan fingerprint density at radius 1 is 1.47 bits per heavy atom. The van der Waals surface area contributed by atoms with E-state index in [1.165, 1.54) is 17.2 Å². The fraction of sp³-hybridized carbons (Fsp3) is 0.308. The van der Waals surface area contributed by atoms with Crippen molar-refractivity contribution >= 4 is 23.0 Å². The molecule has 0 heterocycles. The van der Waals surface area contributed by atoms with Crippen molar-refractivity contribution in [3.8, 4) is 0 Å². The minimum absolute atomic E-state index is 0. The first-order chi connectivity index (χ1) is 7.74. The first-order valence-electron chi connectivity index (χ1n) is 5.28. The van der Waals surface area contributed by atoms with Gasteiger partial charge in [-0.25, -0.2) is 4.79 Å². The number of aryl methyl sites for hydroxylation is 1. The van der Waals surface area contributed by atoms with Crippen LogP contribution in [0.15, 0.2) is 36.9 Å². The van der Waals surface area contributed by atoms with Crippen LogP contribution < -0.4 is 5.32 Å². The highest BCUT2D eigenvalue weighted by molar-refractivity contribution is 8.93. The number of benzene rings is 1. The van der Waals surface area contributed by atoms with Gasteiger partial charge in [-0.15, -0.1) is 17.0 Å². The Kier molecular flexibility index (Phi) is 8.36. The maximum atomic E-state index is 10.7. The molecule has 0 aliphatic carbocycles. The molecule has 1 N–H and O–H groups in total. The summed E-state index contributed by atoms with van der Waals surface area (Å²) in [5.41, 5.74) is 2.52. The number of hydrogen-bond donors (Lipinski definition) is 1. The van der Waals surface area contributed by atoms with E-state index in [1.807, 2.05) is 12.1 Å². The van der Waals surface area contributed by atoms with Gasteiger partial charge in [-0.05, 0) is 18.1 Å². The molecule has 94 valence electrons. The molecule has 0 bridgehead atoms. The molecule has 0 amide bonds. The molecule has 3 nitrogen and oxygen atoms in total. The van der Waals surface area contributed by atoms with Crippen molar-refractivity contribution in [2.75, 3.05) is 13.2 Å². The monoisotopic (exact) mass is 299 g/mol. The zero-order valence-corrected chi connectivity index (χ0v) is 11.7. The number of halogens is 1. The van der Waals surface area contributed by atoms with Crippen LogP contribution >= 0.6 is 17.0 Å². The van der Waals surface area contributed by atoms with E-state index in [4.69, 9.17) is 4.74 Å². The van der Waals surface area contributed by atoms with Crippen LogP contribution in [-0.2, 0) is 16.1 Å². The van der Waals surface area contributed by atoms with Crippen LogP contribution in [0.25, 0.3) is 0 Å². The maximum Gasteiger partial charge on any atom is 0.330 e. The molecule has 0 spiro atoms. The molecule has 1 rings (SSSR count). The highest BCUT2D eigenvalue weighted by Gasteiger charge is 1.97. The molecule has 0 saturated heterocycles. The van der Waals surface area contributed by atoms with E-state index in [0.717, 1.165) is 6.54 Å². The number of hydrogen-bond acceptors (Lipinski definition) is 3. The zero-order valence-electron chi connectivity index (χ0n) is 9.94. The number of ether oxygens (including phenoxy) is 1. The molecule has 0 atom stereocenters. The molecular weight excluding hydrogens is 282 g/mol. The first kappa shape index (κ1) is 15.9. The van der Waals surface area contributed by atoms with E-state index in [0.29, 0.717) is 13.2 Å². The summed E-state index contributed by atoms with van der Waals surface area (Å²) in [4.78, 5) is 10.7. The molecule has 0 aromatic heterocycles. The van der Waals surface area contributed by atoms with Crippen LogP contribution in [0, 0.1) is 6.92 Å². The second kappa shape index (κ2) is 8.96. The third-order valence-corrected chi connectivity index (χ3v) is 2.27. The molecule has 1 aromatic carbocycles. The average molecular weight is 300 g/mol. The Labute approximate surface area is 113 Å². The van der Waals surface area contributed by atoms with Crippen LogP contribution in [0.3, 0.4) is 0 Å². The normalized spacial score (nSPS) is 9.24. The SMILES string of the molecule is Br.C=CC(=O)OCCNCc1ccccc1C. The Morgan fingerprint density at radius 3 is 2.82 bits per heavy atom. The van der Waals surface area contributed by atoms with Crippen molar-refractivity contribution < 1.29 is 9.53 Å². The molecule has 0 aliphatic heterocycles. The predicted molar refractivity (Wildman–Crippen MR) is 74.4 cm³/mol. The molecule has 0 saturated carbocycles. The van der Waals surface area contributed by atoms with Gasteiger partial charge in [-0.1, -0.05) is 30.8 Å². The van der Waals surface area contributed by atoms with Gasteiger partial charge < -0.3 is 10.1 Å². The average Bonchev–Trinajstić information content (AvgIpc) is 2.30. The van der Waals surface area contributed by atoms with Gasteiger partial charge in [0.1, 0.15) is 6.61 Å². The van der Waals surface area contributed by atoms with E-state index >= 15 is 0 Å². The predicted octanol–water partition coefficient (Wildman–Crippen LogP) is 2.39. The van der Waals surface area contributed by atoms with Crippen molar-refractivity contribution in [1.82, 2.24) is 5.32 Å². The number of carbonyl (C=O) groups excluding carboxylic acids is 1. The molecule has 17 heavy (non-hydrogen) atoms. The smallest absolute Gasteiger partial charge is 0.330 e. The van der Waals surface area contributed by atoms with Crippen molar-refractivity contribution in [2.45, 2.75) is 13.5 Å². The highest BCUT2D eigenvalue weighted by atomic mass is 79.9. The first-order valence-corrected chi connectivity index (χ1v) is 5.28. The second-order valence-electron chi connectivity index (χ2n) is 3.47. The fourth-order valence-corrected chi connectivity index (χ4v) is 1.31. The summed E-state index contributed by atoms with van der Waals surface area (Å²) < 4.78 is 4.84. The van der Waals surface area contributed by atoms with Gasteiger partial charge in [0.05, 0.1) is 0 Å². The Balaban J connectivity index is 0.00000256. The molecule has 0 radical (unpaired) electrons.